The number of nitrogens with one attached hydrogen (secondary N) is 1. The van der Waals surface area contributed by atoms with Crippen LogP contribution >= 0.6 is 0 Å². The van der Waals surface area contributed by atoms with Crippen LogP contribution in [-0.4, -0.2) is 32.8 Å². The Morgan fingerprint density at radius 3 is 2.41 bits per heavy atom. The fourth-order valence-electron chi connectivity index (χ4n) is 4.36. The smallest absolute Gasteiger partial charge is 0.352 e. The molecule has 3 aromatic rings. The van der Waals surface area contributed by atoms with Gasteiger partial charge >= 0.3 is 6.18 Å². The summed E-state index contributed by atoms with van der Waals surface area (Å²) in [5.41, 5.74) is 2.16. The molecule has 0 bridgehead atoms. The van der Waals surface area contributed by atoms with E-state index in [1.54, 1.807) is 10.9 Å². The molecule has 34 heavy (non-hydrogen) atoms. The first-order valence-corrected chi connectivity index (χ1v) is 11.0. The molecule has 0 saturated heterocycles. The molecule has 0 spiro atoms. The summed E-state index contributed by atoms with van der Waals surface area (Å²) >= 11 is 0. The summed E-state index contributed by atoms with van der Waals surface area (Å²) in [6.45, 7) is 0. The summed E-state index contributed by atoms with van der Waals surface area (Å²) in [4.78, 5) is 23.3. The number of amides is 1. The molecular weight excluding hydrogens is 449 g/mol. The van der Waals surface area contributed by atoms with Crippen molar-refractivity contribution < 1.29 is 22.9 Å². The van der Waals surface area contributed by atoms with Crippen LogP contribution in [0.2, 0.25) is 0 Å². The summed E-state index contributed by atoms with van der Waals surface area (Å²) < 4.78 is 41.8. The number of para-hydroxylation sites is 1. The van der Waals surface area contributed by atoms with Crippen LogP contribution in [0.25, 0.3) is 16.9 Å². The van der Waals surface area contributed by atoms with Gasteiger partial charge in [0.05, 0.1) is 28.6 Å². The summed E-state index contributed by atoms with van der Waals surface area (Å²) in [6.07, 6.45) is -1.44. The average Bonchev–Trinajstić information content (AvgIpc) is 3.23. The molecule has 1 heterocycles. The highest BCUT2D eigenvalue weighted by atomic mass is 19.4. The molecule has 2 aromatic carbocycles. The Balaban J connectivity index is 1.61. The van der Waals surface area contributed by atoms with Crippen molar-refractivity contribution in [1.82, 2.24) is 15.1 Å². The third-order valence-electron chi connectivity index (χ3n) is 6.05. The van der Waals surface area contributed by atoms with Gasteiger partial charge < -0.3 is 5.32 Å². The van der Waals surface area contributed by atoms with Crippen LogP contribution < -0.4 is 5.32 Å². The Hall–Kier alpha value is -3.69. The largest absolute Gasteiger partial charge is 0.393 e. The number of alkyl halides is 3. The molecule has 10 heteroatoms. The van der Waals surface area contributed by atoms with Gasteiger partial charge in [0.1, 0.15) is 0 Å². The molecule has 0 aliphatic heterocycles. The number of non-ortho nitro benzene ring substituents is 1. The summed E-state index contributed by atoms with van der Waals surface area (Å²) in [7, 11) is 0. The number of hydrogen-bond donors (Lipinski definition) is 1. The molecule has 1 aromatic heterocycles. The monoisotopic (exact) mass is 472 g/mol. The minimum absolute atomic E-state index is 0.00836. The fourth-order valence-corrected chi connectivity index (χ4v) is 4.36. The highest BCUT2D eigenvalue weighted by molar-refractivity contribution is 5.81. The Bertz CT molecular complexity index is 1160. The SMILES string of the molecule is O=C(Cc1cn(-c2ccccc2)nc1-c1ccc([N+](=O)[O-])cc1)NC1CCCCC1C(F)(F)F. The lowest BCUT2D eigenvalue weighted by Crippen LogP contribution is -2.48. The normalized spacial score (nSPS) is 18.4. The van der Waals surface area contributed by atoms with Crippen molar-refractivity contribution in [3.8, 4) is 16.9 Å². The summed E-state index contributed by atoms with van der Waals surface area (Å²) in [5.74, 6) is -2.07. The Kier molecular flexibility index (Phi) is 6.67. The van der Waals surface area contributed by atoms with Crippen molar-refractivity contribution in [1.29, 1.82) is 0 Å². The molecule has 1 aliphatic rings. The molecule has 7 nitrogen and oxygen atoms in total. The fraction of sp³-hybridized carbons (Fsp3) is 0.333. The van der Waals surface area contributed by atoms with Gasteiger partial charge in [-0.1, -0.05) is 31.0 Å². The topological polar surface area (TPSA) is 90.1 Å². The number of nitrogens with zero attached hydrogens (tertiary/aromatic N) is 3. The van der Waals surface area contributed by atoms with Gasteiger partial charge in [0, 0.05) is 35.5 Å². The van der Waals surface area contributed by atoms with Crippen LogP contribution in [0.3, 0.4) is 0 Å². The molecule has 2 atom stereocenters. The van der Waals surface area contributed by atoms with Gasteiger partial charge in [0.15, 0.2) is 0 Å². The van der Waals surface area contributed by atoms with Gasteiger partial charge in [-0.3, -0.25) is 14.9 Å². The van der Waals surface area contributed by atoms with Gasteiger partial charge in [0.25, 0.3) is 5.69 Å². The van der Waals surface area contributed by atoms with Crippen LogP contribution in [-0.2, 0) is 11.2 Å². The molecule has 1 N–H and O–H groups in total. The molecular formula is C24H23F3N4O3. The van der Waals surface area contributed by atoms with Crippen molar-refractivity contribution in [3.63, 3.8) is 0 Å². The zero-order chi connectivity index (χ0) is 24.3. The first kappa shape index (κ1) is 23.5. The zero-order valence-electron chi connectivity index (χ0n) is 18.2. The minimum Gasteiger partial charge on any atom is -0.352 e. The van der Waals surface area contributed by atoms with E-state index >= 15 is 0 Å². The van der Waals surface area contributed by atoms with Crippen LogP contribution in [0.4, 0.5) is 18.9 Å². The van der Waals surface area contributed by atoms with Crippen molar-refractivity contribution >= 4 is 11.6 Å². The number of aromatic nitrogens is 2. The van der Waals surface area contributed by atoms with Crippen LogP contribution in [0, 0.1) is 16.0 Å². The maximum Gasteiger partial charge on any atom is 0.393 e. The van der Waals surface area contributed by atoms with E-state index in [1.807, 2.05) is 30.3 Å². The third-order valence-corrected chi connectivity index (χ3v) is 6.05. The number of halogens is 3. The molecule has 0 radical (unpaired) electrons. The molecule has 1 saturated carbocycles. The van der Waals surface area contributed by atoms with E-state index in [2.05, 4.69) is 10.4 Å². The second kappa shape index (κ2) is 9.66. The summed E-state index contributed by atoms with van der Waals surface area (Å²) in [6, 6.07) is 14.0. The molecule has 1 aliphatic carbocycles. The predicted molar refractivity (Wildman–Crippen MR) is 119 cm³/mol. The second-order valence-corrected chi connectivity index (χ2v) is 8.37. The predicted octanol–water partition coefficient (Wildman–Crippen LogP) is 5.23. The number of benzene rings is 2. The molecule has 1 fully saturated rings. The summed E-state index contributed by atoms with van der Waals surface area (Å²) in [5, 5.41) is 18.1. The first-order valence-electron chi connectivity index (χ1n) is 11.0. The second-order valence-electron chi connectivity index (χ2n) is 8.37. The van der Waals surface area contributed by atoms with Gasteiger partial charge in [-0.15, -0.1) is 0 Å². The quantitative estimate of drug-likeness (QED) is 0.393. The first-order chi connectivity index (χ1) is 16.2. The number of nitro benzene ring substituents is 1. The lowest BCUT2D eigenvalue weighted by atomic mass is 9.84. The van der Waals surface area contributed by atoms with Crippen LogP contribution in [0.5, 0.6) is 0 Å². The highest BCUT2D eigenvalue weighted by Crippen LogP contribution is 2.38. The van der Waals surface area contributed by atoms with E-state index in [4.69, 9.17) is 0 Å². The van der Waals surface area contributed by atoms with E-state index in [0.717, 1.165) is 5.69 Å². The number of hydrogen-bond acceptors (Lipinski definition) is 4. The van der Waals surface area contributed by atoms with Gasteiger partial charge in [-0.05, 0) is 37.1 Å². The lowest BCUT2D eigenvalue weighted by Gasteiger charge is -2.33. The van der Waals surface area contributed by atoms with E-state index in [0.29, 0.717) is 29.7 Å². The molecule has 178 valence electrons. The van der Waals surface area contributed by atoms with Crippen molar-refractivity contribution in [3.05, 3.63) is 76.5 Å². The minimum atomic E-state index is -4.36. The van der Waals surface area contributed by atoms with Gasteiger partial charge in [0.2, 0.25) is 5.91 Å². The van der Waals surface area contributed by atoms with E-state index in [1.165, 1.54) is 24.3 Å². The Labute approximate surface area is 193 Å². The standard InChI is InChI=1S/C24H23F3N4O3/c25-24(26,27)20-8-4-5-9-21(20)28-22(32)14-17-15-30(18-6-2-1-3-7-18)29-23(17)16-10-12-19(13-11-16)31(33)34/h1-3,6-7,10-13,15,20-21H,4-5,8-9,14H2,(H,28,32). The van der Waals surface area contributed by atoms with Gasteiger partial charge in [-0.2, -0.15) is 18.3 Å². The maximum absolute atomic E-state index is 13.4. The molecule has 1 amide bonds. The number of carbonyl (C=O) groups excluding carboxylic acids is 1. The van der Waals surface area contributed by atoms with Crippen molar-refractivity contribution in [2.45, 2.75) is 44.3 Å². The van der Waals surface area contributed by atoms with Gasteiger partial charge in [-0.25, -0.2) is 4.68 Å². The number of rotatable bonds is 6. The number of nitro groups is 1. The highest BCUT2D eigenvalue weighted by Gasteiger charge is 2.45. The average molecular weight is 472 g/mol. The van der Waals surface area contributed by atoms with Crippen molar-refractivity contribution in [2.75, 3.05) is 0 Å². The van der Waals surface area contributed by atoms with E-state index in [9.17, 15) is 28.1 Å². The van der Waals surface area contributed by atoms with E-state index < -0.39 is 29.0 Å². The zero-order valence-corrected chi connectivity index (χ0v) is 18.2. The maximum atomic E-state index is 13.4. The van der Waals surface area contributed by atoms with Crippen LogP contribution in [0.1, 0.15) is 31.2 Å². The molecule has 2 unspecified atom stereocenters. The third kappa shape index (κ3) is 5.27. The number of carbonyl (C=O) groups is 1. The Morgan fingerprint density at radius 1 is 1.09 bits per heavy atom. The van der Waals surface area contributed by atoms with E-state index in [-0.39, 0.29) is 24.9 Å². The van der Waals surface area contributed by atoms with Crippen molar-refractivity contribution in [2.24, 2.45) is 5.92 Å². The molecule has 4 rings (SSSR count). The van der Waals surface area contributed by atoms with Crippen LogP contribution in [0.15, 0.2) is 60.8 Å². The Morgan fingerprint density at radius 2 is 1.76 bits per heavy atom. The lowest BCUT2D eigenvalue weighted by molar-refractivity contribution is -0.384.